The highest BCUT2D eigenvalue weighted by molar-refractivity contribution is 6.04. The third-order valence-electron chi connectivity index (χ3n) is 2.62. The van der Waals surface area contributed by atoms with Gasteiger partial charge in [-0.25, -0.2) is 0 Å². The molecule has 1 amide bonds. The summed E-state index contributed by atoms with van der Waals surface area (Å²) in [6.07, 6.45) is 1.57. The molecule has 0 saturated heterocycles. The molecule has 1 aromatic carbocycles. The molecule has 1 aromatic heterocycles. The summed E-state index contributed by atoms with van der Waals surface area (Å²) in [4.78, 5) is 16.0. The first-order chi connectivity index (χ1) is 8.69. The van der Waals surface area contributed by atoms with Gasteiger partial charge >= 0.3 is 0 Å². The van der Waals surface area contributed by atoms with Crippen molar-refractivity contribution in [3.8, 4) is 0 Å². The number of anilines is 1. The van der Waals surface area contributed by atoms with Gasteiger partial charge in [0.2, 0.25) is 0 Å². The summed E-state index contributed by atoms with van der Waals surface area (Å²) in [6.45, 7) is 2.38. The van der Waals surface area contributed by atoms with Gasteiger partial charge in [-0.3, -0.25) is 9.78 Å². The Balaban J connectivity index is 2.08. The lowest BCUT2D eigenvalue weighted by Gasteiger charge is -2.06. The molecule has 4 heteroatoms. The molecule has 4 nitrogen and oxygen atoms in total. The van der Waals surface area contributed by atoms with Crippen LogP contribution in [-0.2, 0) is 6.54 Å². The minimum absolute atomic E-state index is 0.164. The molecule has 0 aliphatic rings. The van der Waals surface area contributed by atoms with E-state index in [1.807, 2.05) is 37.3 Å². The van der Waals surface area contributed by atoms with Crippen LogP contribution in [0, 0.1) is 6.92 Å². The predicted octanol–water partition coefficient (Wildman–Crippen LogP) is 2.10. The quantitative estimate of drug-likeness (QED) is 0.864. The average molecular weight is 241 g/mol. The van der Waals surface area contributed by atoms with E-state index in [-0.39, 0.29) is 5.91 Å². The maximum atomic E-state index is 11.9. The lowest BCUT2D eigenvalue weighted by Crippen LogP contribution is -2.12. The molecular weight excluding hydrogens is 226 g/mol. The van der Waals surface area contributed by atoms with Crippen molar-refractivity contribution in [2.75, 3.05) is 5.32 Å². The number of pyridine rings is 1. The Morgan fingerprint density at radius 2 is 1.94 bits per heavy atom. The lowest BCUT2D eigenvalue weighted by molar-refractivity contribution is 0.102. The van der Waals surface area contributed by atoms with Crippen LogP contribution in [-0.4, -0.2) is 10.9 Å². The number of carbonyl (C=O) groups excluding carboxylic acids is 1. The number of nitrogens with zero attached hydrogens (tertiary/aromatic N) is 1. The van der Waals surface area contributed by atoms with Crippen molar-refractivity contribution in [2.45, 2.75) is 13.5 Å². The molecule has 0 atom stereocenters. The van der Waals surface area contributed by atoms with Crippen molar-refractivity contribution >= 4 is 11.6 Å². The highest BCUT2D eigenvalue weighted by Gasteiger charge is 2.05. The molecule has 0 aliphatic heterocycles. The largest absolute Gasteiger partial charge is 0.326 e. The van der Waals surface area contributed by atoms with Gasteiger partial charge in [-0.1, -0.05) is 12.1 Å². The van der Waals surface area contributed by atoms with E-state index in [2.05, 4.69) is 10.3 Å². The van der Waals surface area contributed by atoms with Crippen molar-refractivity contribution in [1.29, 1.82) is 0 Å². The van der Waals surface area contributed by atoms with E-state index in [9.17, 15) is 4.79 Å². The van der Waals surface area contributed by atoms with Gasteiger partial charge in [0.05, 0.1) is 5.56 Å². The summed E-state index contributed by atoms with van der Waals surface area (Å²) in [5.41, 5.74) is 8.72. The molecule has 0 saturated carbocycles. The van der Waals surface area contributed by atoms with E-state index in [4.69, 9.17) is 5.73 Å². The first kappa shape index (κ1) is 12.3. The number of nitrogens with one attached hydrogen (secondary N) is 1. The number of amides is 1. The number of benzene rings is 1. The highest BCUT2D eigenvalue weighted by atomic mass is 16.1. The summed E-state index contributed by atoms with van der Waals surface area (Å²) < 4.78 is 0. The third-order valence-corrected chi connectivity index (χ3v) is 2.62. The Bertz CT molecular complexity index is 532. The number of aryl methyl sites for hydroxylation is 1. The lowest BCUT2D eigenvalue weighted by atomic mass is 10.2. The summed E-state index contributed by atoms with van der Waals surface area (Å²) in [7, 11) is 0. The Morgan fingerprint density at radius 1 is 1.22 bits per heavy atom. The van der Waals surface area contributed by atoms with Crippen molar-refractivity contribution in [3.63, 3.8) is 0 Å². The van der Waals surface area contributed by atoms with E-state index >= 15 is 0 Å². The van der Waals surface area contributed by atoms with Gasteiger partial charge in [0, 0.05) is 24.1 Å². The molecule has 2 aromatic rings. The summed E-state index contributed by atoms with van der Waals surface area (Å²) >= 11 is 0. The standard InChI is InChI=1S/C14H15N3O/c1-10-2-5-12(9-16-10)14(18)17-13-6-3-11(8-15)4-7-13/h2-7,9H,8,15H2,1H3,(H,17,18). The van der Waals surface area contributed by atoms with Crippen LogP contribution in [0.4, 0.5) is 5.69 Å². The van der Waals surface area contributed by atoms with E-state index in [0.29, 0.717) is 12.1 Å². The summed E-state index contributed by atoms with van der Waals surface area (Å²) in [6, 6.07) is 11.0. The SMILES string of the molecule is Cc1ccc(C(=O)Nc2ccc(CN)cc2)cn1. The first-order valence-electron chi connectivity index (χ1n) is 5.72. The van der Waals surface area contributed by atoms with Crippen molar-refractivity contribution < 1.29 is 4.79 Å². The normalized spacial score (nSPS) is 10.1. The zero-order chi connectivity index (χ0) is 13.0. The summed E-state index contributed by atoms with van der Waals surface area (Å²) in [5.74, 6) is -0.164. The second-order valence-corrected chi connectivity index (χ2v) is 4.04. The highest BCUT2D eigenvalue weighted by Crippen LogP contribution is 2.11. The number of hydrogen-bond acceptors (Lipinski definition) is 3. The van der Waals surface area contributed by atoms with Crippen LogP contribution in [0.15, 0.2) is 42.6 Å². The van der Waals surface area contributed by atoms with Crippen LogP contribution in [0.3, 0.4) is 0 Å². The van der Waals surface area contributed by atoms with Crippen molar-refractivity contribution in [2.24, 2.45) is 5.73 Å². The molecule has 0 aliphatic carbocycles. The second kappa shape index (κ2) is 5.42. The Kier molecular flexibility index (Phi) is 3.69. The van der Waals surface area contributed by atoms with E-state index < -0.39 is 0 Å². The van der Waals surface area contributed by atoms with Crippen LogP contribution in [0.5, 0.6) is 0 Å². The van der Waals surface area contributed by atoms with Crippen LogP contribution < -0.4 is 11.1 Å². The van der Waals surface area contributed by atoms with E-state index in [1.54, 1.807) is 12.3 Å². The molecule has 0 unspecified atom stereocenters. The third kappa shape index (κ3) is 2.93. The Morgan fingerprint density at radius 3 is 2.50 bits per heavy atom. The minimum atomic E-state index is -0.164. The van der Waals surface area contributed by atoms with Gasteiger partial charge in [0.25, 0.3) is 5.91 Å². The van der Waals surface area contributed by atoms with Gasteiger partial charge < -0.3 is 11.1 Å². The topological polar surface area (TPSA) is 68.0 Å². The molecule has 3 N–H and O–H groups in total. The zero-order valence-electron chi connectivity index (χ0n) is 10.2. The molecule has 18 heavy (non-hydrogen) atoms. The van der Waals surface area contributed by atoms with Crippen LogP contribution in [0.25, 0.3) is 0 Å². The number of rotatable bonds is 3. The Hall–Kier alpha value is -2.20. The molecular formula is C14H15N3O. The molecule has 1 heterocycles. The fourth-order valence-corrected chi connectivity index (χ4v) is 1.53. The van der Waals surface area contributed by atoms with Gasteiger partial charge in [-0.05, 0) is 36.8 Å². The second-order valence-electron chi connectivity index (χ2n) is 4.04. The maximum Gasteiger partial charge on any atom is 0.257 e. The average Bonchev–Trinajstić information content (AvgIpc) is 2.40. The number of nitrogens with two attached hydrogens (primary N) is 1. The van der Waals surface area contributed by atoms with E-state index in [0.717, 1.165) is 16.9 Å². The zero-order valence-corrected chi connectivity index (χ0v) is 10.2. The smallest absolute Gasteiger partial charge is 0.257 e. The molecule has 2 rings (SSSR count). The van der Waals surface area contributed by atoms with Crippen LogP contribution in [0.2, 0.25) is 0 Å². The minimum Gasteiger partial charge on any atom is -0.326 e. The fourth-order valence-electron chi connectivity index (χ4n) is 1.53. The van der Waals surface area contributed by atoms with Gasteiger partial charge in [0.1, 0.15) is 0 Å². The van der Waals surface area contributed by atoms with Crippen LogP contribution >= 0.6 is 0 Å². The van der Waals surface area contributed by atoms with Gasteiger partial charge in [-0.2, -0.15) is 0 Å². The Labute approximate surface area is 106 Å². The molecule has 0 bridgehead atoms. The maximum absolute atomic E-state index is 11.9. The molecule has 0 spiro atoms. The number of carbonyl (C=O) groups is 1. The number of hydrogen-bond donors (Lipinski definition) is 2. The first-order valence-corrected chi connectivity index (χ1v) is 5.72. The van der Waals surface area contributed by atoms with Crippen LogP contribution in [0.1, 0.15) is 21.6 Å². The van der Waals surface area contributed by atoms with Gasteiger partial charge in [-0.15, -0.1) is 0 Å². The van der Waals surface area contributed by atoms with Crippen molar-refractivity contribution in [3.05, 3.63) is 59.4 Å². The molecule has 0 fully saturated rings. The summed E-state index contributed by atoms with van der Waals surface area (Å²) in [5, 5.41) is 2.81. The molecule has 92 valence electrons. The monoisotopic (exact) mass is 241 g/mol. The van der Waals surface area contributed by atoms with Crippen molar-refractivity contribution in [1.82, 2.24) is 4.98 Å². The number of aromatic nitrogens is 1. The van der Waals surface area contributed by atoms with E-state index in [1.165, 1.54) is 0 Å². The fraction of sp³-hybridized carbons (Fsp3) is 0.143. The molecule has 0 radical (unpaired) electrons. The predicted molar refractivity (Wildman–Crippen MR) is 71.3 cm³/mol. The van der Waals surface area contributed by atoms with Gasteiger partial charge in [0.15, 0.2) is 0 Å².